The van der Waals surface area contributed by atoms with Gasteiger partial charge in [0.1, 0.15) is 4.91 Å². The van der Waals surface area contributed by atoms with Crippen LogP contribution >= 0.6 is 11.9 Å². The van der Waals surface area contributed by atoms with Crippen LogP contribution in [-0.4, -0.2) is 31.4 Å². The fourth-order valence-electron chi connectivity index (χ4n) is 2.04. The normalized spacial score (nSPS) is 15.7. The molecule has 0 fully saturated rings. The first-order valence-corrected chi connectivity index (χ1v) is 10.5. The predicted molar refractivity (Wildman–Crippen MR) is 96.2 cm³/mol. The quantitative estimate of drug-likeness (QED) is 0.430. The van der Waals surface area contributed by atoms with Crippen molar-refractivity contribution >= 4 is 27.7 Å². The van der Waals surface area contributed by atoms with Crippen molar-refractivity contribution in [2.75, 3.05) is 12.3 Å². The van der Waals surface area contributed by atoms with Gasteiger partial charge in [-0.25, -0.2) is 8.42 Å². The van der Waals surface area contributed by atoms with E-state index in [9.17, 15) is 13.2 Å². The third kappa shape index (κ3) is 6.73. The second kappa shape index (κ2) is 8.94. The van der Waals surface area contributed by atoms with Gasteiger partial charge < -0.3 is 10.7 Å². The molecule has 3 N–H and O–H groups in total. The van der Waals surface area contributed by atoms with Crippen LogP contribution < -0.4 is 15.6 Å². The summed E-state index contributed by atoms with van der Waals surface area (Å²) in [5.41, 5.74) is 3.72. The number of hydrogen-bond acceptors (Lipinski definition) is 6. The van der Waals surface area contributed by atoms with Crippen LogP contribution in [0.3, 0.4) is 0 Å². The minimum absolute atomic E-state index is 0.0544. The van der Waals surface area contributed by atoms with Crippen molar-refractivity contribution in [2.45, 2.75) is 64.5 Å². The van der Waals surface area contributed by atoms with Crippen molar-refractivity contribution in [1.82, 2.24) is 15.6 Å². The zero-order valence-corrected chi connectivity index (χ0v) is 16.1. The van der Waals surface area contributed by atoms with E-state index in [1.165, 1.54) is 11.9 Å². The first kappa shape index (κ1) is 20.3. The van der Waals surface area contributed by atoms with Gasteiger partial charge in [0.25, 0.3) is 5.91 Å². The molecule has 0 aromatic heterocycles. The van der Waals surface area contributed by atoms with Crippen LogP contribution in [0.1, 0.15) is 59.8 Å². The van der Waals surface area contributed by atoms with E-state index in [2.05, 4.69) is 15.6 Å². The molecule has 23 heavy (non-hydrogen) atoms. The minimum atomic E-state index is -3.00. The van der Waals surface area contributed by atoms with E-state index < -0.39 is 14.6 Å². The van der Waals surface area contributed by atoms with Crippen LogP contribution in [0.15, 0.2) is 10.6 Å². The lowest BCUT2D eigenvalue weighted by Crippen LogP contribution is -2.30. The van der Waals surface area contributed by atoms with Gasteiger partial charge in [0.05, 0.1) is 10.5 Å². The molecule has 0 saturated carbocycles. The fourth-order valence-corrected chi connectivity index (χ4v) is 3.91. The smallest absolute Gasteiger partial charge is 0.260 e. The van der Waals surface area contributed by atoms with Gasteiger partial charge in [-0.1, -0.05) is 19.3 Å². The summed E-state index contributed by atoms with van der Waals surface area (Å²) >= 11 is 1.29. The van der Waals surface area contributed by atoms with Crippen LogP contribution in [0, 0.1) is 0 Å². The summed E-state index contributed by atoms with van der Waals surface area (Å²) in [6.45, 7) is 7.74. The SMILES string of the molecule is CC1=C(C(=O)NCCCCCCCS(=O)(=O)C(C)(C)C)SNN1. The molecule has 0 bridgehead atoms. The summed E-state index contributed by atoms with van der Waals surface area (Å²) < 4.78 is 23.2. The second-order valence-electron chi connectivity index (χ2n) is 6.74. The molecular weight excluding hydrogens is 334 g/mol. The molecule has 1 aliphatic rings. The molecule has 0 aromatic rings. The van der Waals surface area contributed by atoms with Gasteiger partial charge in [0, 0.05) is 12.2 Å². The Hall–Kier alpha value is -0.730. The molecule has 6 nitrogen and oxygen atoms in total. The summed E-state index contributed by atoms with van der Waals surface area (Å²) in [6.07, 6.45) is 4.53. The highest BCUT2D eigenvalue weighted by atomic mass is 32.2. The summed E-state index contributed by atoms with van der Waals surface area (Å²) in [4.78, 5) is 15.4. The van der Waals surface area contributed by atoms with Crippen LogP contribution in [-0.2, 0) is 14.6 Å². The summed E-state index contributed by atoms with van der Waals surface area (Å²) in [5, 5.41) is 2.90. The molecule has 0 radical (unpaired) electrons. The van der Waals surface area contributed by atoms with Gasteiger partial charge in [0.15, 0.2) is 9.84 Å². The summed E-state index contributed by atoms with van der Waals surface area (Å²) in [6, 6.07) is 0. The fraction of sp³-hybridized carbons (Fsp3) is 0.800. The van der Waals surface area contributed by atoms with Crippen molar-refractivity contribution in [2.24, 2.45) is 0 Å². The molecule has 134 valence electrons. The van der Waals surface area contributed by atoms with Crippen LogP contribution in [0.5, 0.6) is 0 Å². The van der Waals surface area contributed by atoms with E-state index in [0.717, 1.165) is 31.4 Å². The second-order valence-corrected chi connectivity index (χ2v) is 10.4. The van der Waals surface area contributed by atoms with Gasteiger partial charge in [-0.15, -0.1) is 0 Å². The maximum atomic E-state index is 12.0. The monoisotopic (exact) mass is 363 g/mol. The molecule has 0 unspecified atom stereocenters. The molecule has 0 aromatic carbocycles. The maximum absolute atomic E-state index is 12.0. The lowest BCUT2D eigenvalue weighted by Gasteiger charge is -2.18. The third-order valence-corrected chi connectivity index (χ3v) is 7.34. The first-order chi connectivity index (χ1) is 10.6. The molecule has 1 aliphatic heterocycles. The van der Waals surface area contributed by atoms with Gasteiger partial charge in [-0.05, 0) is 52.5 Å². The first-order valence-electron chi connectivity index (χ1n) is 8.04. The average Bonchev–Trinajstić information content (AvgIpc) is 2.86. The van der Waals surface area contributed by atoms with E-state index in [1.807, 2.05) is 6.92 Å². The Morgan fingerprint density at radius 1 is 1.13 bits per heavy atom. The Bertz CT molecular complexity index is 537. The highest BCUT2D eigenvalue weighted by Gasteiger charge is 2.27. The lowest BCUT2D eigenvalue weighted by atomic mass is 10.1. The van der Waals surface area contributed by atoms with E-state index in [0.29, 0.717) is 17.9 Å². The van der Waals surface area contributed by atoms with Crippen LogP contribution in [0.25, 0.3) is 0 Å². The molecule has 1 rings (SSSR count). The third-order valence-electron chi connectivity index (χ3n) is 3.75. The van der Waals surface area contributed by atoms with E-state index >= 15 is 0 Å². The zero-order chi connectivity index (χ0) is 17.5. The molecule has 1 heterocycles. The number of amides is 1. The van der Waals surface area contributed by atoms with Gasteiger partial charge in [-0.3, -0.25) is 4.79 Å². The number of carbonyl (C=O) groups is 1. The number of sulfone groups is 1. The Kier molecular flexibility index (Phi) is 7.89. The molecule has 0 atom stereocenters. The number of hydrazine groups is 1. The predicted octanol–water partition coefficient (Wildman–Crippen LogP) is 2.25. The highest BCUT2D eigenvalue weighted by molar-refractivity contribution is 8.02. The molecule has 0 spiro atoms. The number of unbranched alkanes of at least 4 members (excludes halogenated alkanes) is 4. The average molecular weight is 364 g/mol. The number of allylic oxidation sites excluding steroid dienone is 1. The molecular formula is C15H29N3O3S2. The number of hydrogen-bond donors (Lipinski definition) is 3. The van der Waals surface area contributed by atoms with Crippen LogP contribution in [0.2, 0.25) is 0 Å². The van der Waals surface area contributed by atoms with E-state index in [4.69, 9.17) is 0 Å². The Morgan fingerprint density at radius 2 is 1.74 bits per heavy atom. The van der Waals surface area contributed by atoms with Crippen molar-refractivity contribution in [3.8, 4) is 0 Å². The Labute approximate surface area is 144 Å². The summed E-state index contributed by atoms with van der Waals surface area (Å²) in [5.74, 6) is 0.207. The van der Waals surface area contributed by atoms with Crippen LogP contribution in [0.4, 0.5) is 0 Å². The number of rotatable bonds is 9. The standard InChI is InChI=1S/C15H29N3O3S2/c1-12-13(22-18-17-12)14(19)16-10-8-6-5-7-9-11-23(20,21)15(2,3)4/h17-18H,5-11H2,1-4H3,(H,16,19). The van der Waals surface area contributed by atoms with Gasteiger partial charge in [0.2, 0.25) is 0 Å². The topological polar surface area (TPSA) is 87.3 Å². The van der Waals surface area contributed by atoms with Gasteiger partial charge in [-0.2, -0.15) is 4.83 Å². The molecule has 8 heteroatoms. The van der Waals surface area contributed by atoms with Crippen molar-refractivity contribution < 1.29 is 13.2 Å². The number of carbonyl (C=O) groups excluding carboxylic acids is 1. The molecule has 1 amide bonds. The minimum Gasteiger partial charge on any atom is -0.351 e. The maximum Gasteiger partial charge on any atom is 0.260 e. The highest BCUT2D eigenvalue weighted by Crippen LogP contribution is 2.20. The zero-order valence-electron chi connectivity index (χ0n) is 14.5. The Balaban J connectivity index is 2.06. The number of nitrogens with one attached hydrogen (secondary N) is 3. The van der Waals surface area contributed by atoms with Crippen molar-refractivity contribution in [3.05, 3.63) is 10.6 Å². The van der Waals surface area contributed by atoms with Crippen molar-refractivity contribution in [3.63, 3.8) is 0 Å². The van der Waals surface area contributed by atoms with E-state index in [-0.39, 0.29) is 11.7 Å². The Morgan fingerprint density at radius 3 is 2.30 bits per heavy atom. The molecule has 0 aliphatic carbocycles. The lowest BCUT2D eigenvalue weighted by molar-refractivity contribution is -0.116. The molecule has 0 saturated heterocycles. The van der Waals surface area contributed by atoms with Gasteiger partial charge >= 0.3 is 0 Å². The summed E-state index contributed by atoms with van der Waals surface area (Å²) in [7, 11) is -3.00. The van der Waals surface area contributed by atoms with Crippen molar-refractivity contribution in [1.29, 1.82) is 0 Å². The largest absolute Gasteiger partial charge is 0.351 e. The van der Waals surface area contributed by atoms with E-state index in [1.54, 1.807) is 20.8 Å².